The minimum absolute atomic E-state index is 0.00274. The molecule has 0 spiro atoms. The third-order valence-electron chi connectivity index (χ3n) is 4.84. The van der Waals surface area contributed by atoms with Crippen LogP contribution in [0.2, 0.25) is 0 Å². The van der Waals surface area contributed by atoms with Crippen molar-refractivity contribution in [3.63, 3.8) is 0 Å². The third kappa shape index (κ3) is 5.20. The van der Waals surface area contributed by atoms with Crippen molar-refractivity contribution in [3.8, 4) is 11.1 Å². The van der Waals surface area contributed by atoms with E-state index in [1.807, 2.05) is 0 Å². The Morgan fingerprint density at radius 2 is 1.84 bits per heavy atom. The van der Waals surface area contributed by atoms with Crippen LogP contribution in [0.15, 0.2) is 35.4 Å². The molecular weight excluding hydrogens is 438 g/mol. The maximum absolute atomic E-state index is 14.9. The summed E-state index contributed by atoms with van der Waals surface area (Å²) in [5, 5.41) is 3.79. The lowest BCUT2D eigenvalue weighted by Gasteiger charge is -2.28. The number of hydrogen-bond acceptors (Lipinski definition) is 7. The van der Waals surface area contributed by atoms with Gasteiger partial charge in [-0.3, -0.25) is 4.79 Å². The Morgan fingerprint density at radius 3 is 2.41 bits per heavy atom. The van der Waals surface area contributed by atoms with Crippen LogP contribution in [0.1, 0.15) is 60.6 Å². The fraction of sp³-hybridized carbons (Fsp3) is 0.364. The molecule has 0 radical (unpaired) electrons. The molecule has 2 aromatic heterocycles. The number of aryl methyl sites for hydroxylation is 2. The highest BCUT2D eigenvalue weighted by Gasteiger charge is 2.33. The maximum Gasteiger partial charge on any atom is 0.170 e. The van der Waals surface area contributed by atoms with Crippen LogP contribution in [-0.4, -0.2) is 30.2 Å². The van der Waals surface area contributed by atoms with Crippen LogP contribution in [0.4, 0.5) is 8.78 Å². The topological polar surface area (TPSA) is 104 Å². The number of nitrogens with zero attached hydrogens (tertiary/aromatic N) is 3. The normalized spacial score (nSPS) is 13.8. The Morgan fingerprint density at radius 1 is 1.19 bits per heavy atom. The molecule has 0 saturated carbocycles. The zero-order valence-corrected chi connectivity index (χ0v) is 19.2. The van der Waals surface area contributed by atoms with E-state index in [2.05, 4.69) is 19.8 Å². The summed E-state index contributed by atoms with van der Waals surface area (Å²) in [6, 6.07) is 1.04. The van der Waals surface area contributed by atoms with Gasteiger partial charge in [-0.05, 0) is 40.7 Å². The molecule has 0 fully saturated rings. The molecule has 0 bridgehead atoms. The SMILES string of the molecule is Cc1noc(C)c1C(=O)CC(N[S+]([O-])C(C)(C)C)c1cc(-c2cncnc2)c(F)cc1F. The number of benzene rings is 1. The minimum atomic E-state index is -1.63. The first-order chi connectivity index (χ1) is 15.0. The van der Waals surface area contributed by atoms with Crippen molar-refractivity contribution in [1.82, 2.24) is 19.8 Å². The molecule has 3 aromatic rings. The van der Waals surface area contributed by atoms with Crippen molar-refractivity contribution in [2.45, 2.75) is 51.8 Å². The number of carbonyl (C=O) groups excluding carboxylic acids is 1. The van der Waals surface area contributed by atoms with E-state index in [0.717, 1.165) is 6.07 Å². The summed E-state index contributed by atoms with van der Waals surface area (Å²) in [4.78, 5) is 20.8. The predicted molar refractivity (Wildman–Crippen MR) is 116 cm³/mol. The van der Waals surface area contributed by atoms with Gasteiger partial charge < -0.3 is 9.08 Å². The highest BCUT2D eigenvalue weighted by atomic mass is 32.2. The second-order valence-electron chi connectivity index (χ2n) is 8.36. The van der Waals surface area contributed by atoms with Crippen molar-refractivity contribution >= 4 is 17.1 Å². The van der Waals surface area contributed by atoms with Crippen molar-refractivity contribution in [2.24, 2.45) is 0 Å². The molecule has 2 unspecified atom stereocenters. The molecule has 0 aliphatic carbocycles. The Balaban J connectivity index is 2.06. The van der Waals surface area contributed by atoms with E-state index < -0.39 is 33.8 Å². The van der Waals surface area contributed by atoms with Gasteiger partial charge in [0, 0.05) is 52.9 Å². The lowest BCUT2D eigenvalue weighted by atomic mass is 9.95. The first-order valence-corrected chi connectivity index (χ1v) is 11.0. The third-order valence-corrected chi connectivity index (χ3v) is 6.45. The molecule has 1 N–H and O–H groups in total. The highest BCUT2D eigenvalue weighted by Crippen LogP contribution is 2.32. The zero-order chi connectivity index (χ0) is 23.6. The van der Waals surface area contributed by atoms with E-state index in [0.29, 0.717) is 17.0 Å². The van der Waals surface area contributed by atoms with E-state index in [4.69, 9.17) is 4.52 Å². The number of carbonyl (C=O) groups is 1. The number of nitrogens with one attached hydrogen (secondary N) is 1. The molecule has 2 atom stereocenters. The van der Waals surface area contributed by atoms with Crippen molar-refractivity contribution in [3.05, 3.63) is 65.1 Å². The summed E-state index contributed by atoms with van der Waals surface area (Å²) < 4.78 is 49.6. The Labute approximate surface area is 188 Å². The van der Waals surface area contributed by atoms with Gasteiger partial charge in [-0.25, -0.2) is 18.7 Å². The molecule has 7 nitrogen and oxygen atoms in total. The summed E-state index contributed by atoms with van der Waals surface area (Å²) >= 11 is -1.63. The average molecular weight is 463 g/mol. The van der Waals surface area contributed by atoms with Crippen molar-refractivity contribution in [2.75, 3.05) is 0 Å². The quantitative estimate of drug-likeness (QED) is 0.410. The lowest BCUT2D eigenvalue weighted by molar-refractivity contribution is 0.0969. The van der Waals surface area contributed by atoms with Gasteiger partial charge in [-0.2, -0.15) is 0 Å². The fourth-order valence-corrected chi connectivity index (χ4v) is 4.00. The Hall–Kier alpha value is -2.69. The summed E-state index contributed by atoms with van der Waals surface area (Å²) in [5.41, 5.74) is 1.12. The van der Waals surface area contributed by atoms with Crippen LogP contribution >= 0.6 is 0 Å². The Kier molecular flexibility index (Phi) is 7.06. The van der Waals surface area contributed by atoms with Gasteiger partial charge in [0.1, 0.15) is 28.5 Å². The molecule has 170 valence electrons. The van der Waals surface area contributed by atoms with Crippen LogP contribution in [0.25, 0.3) is 11.1 Å². The van der Waals surface area contributed by atoms with Gasteiger partial charge in [0.15, 0.2) is 5.78 Å². The van der Waals surface area contributed by atoms with Gasteiger partial charge in [-0.1, -0.05) is 5.16 Å². The standard InChI is InChI=1S/C22H24F2N4O3S/c1-12-21(13(2)31-27-12)20(29)8-19(28-32(30)22(3,4)5)16-6-15(17(23)7-18(16)24)14-9-25-11-26-10-14/h6-7,9-11,19,28H,8H2,1-5H3. The number of ketones is 1. The first kappa shape index (κ1) is 24.0. The van der Waals surface area contributed by atoms with Gasteiger partial charge in [0.05, 0.1) is 17.3 Å². The van der Waals surface area contributed by atoms with Crippen LogP contribution in [0.3, 0.4) is 0 Å². The fourth-order valence-electron chi connectivity index (χ4n) is 3.18. The number of hydrogen-bond donors (Lipinski definition) is 1. The van der Waals surface area contributed by atoms with E-state index in [9.17, 15) is 18.1 Å². The van der Waals surface area contributed by atoms with E-state index >= 15 is 0 Å². The molecule has 3 rings (SSSR count). The first-order valence-electron chi connectivity index (χ1n) is 9.87. The summed E-state index contributed by atoms with van der Waals surface area (Å²) in [6.45, 7) is 8.48. The average Bonchev–Trinajstić information content (AvgIpc) is 3.05. The van der Waals surface area contributed by atoms with E-state index in [1.165, 1.54) is 24.8 Å². The molecular formula is C22H24F2N4O3S. The summed E-state index contributed by atoms with van der Waals surface area (Å²) in [5.74, 6) is -1.69. The molecule has 0 aliphatic heterocycles. The smallest absolute Gasteiger partial charge is 0.170 e. The molecule has 2 heterocycles. The monoisotopic (exact) mass is 462 g/mol. The van der Waals surface area contributed by atoms with Crippen LogP contribution < -0.4 is 4.72 Å². The molecule has 0 aliphatic rings. The molecule has 0 amide bonds. The van der Waals surface area contributed by atoms with Crippen molar-refractivity contribution < 1.29 is 22.7 Å². The molecule has 1 aromatic carbocycles. The number of Topliss-reactive ketones (excluding diaryl/α,β-unsaturated/α-hetero) is 1. The number of halogens is 2. The lowest BCUT2D eigenvalue weighted by Crippen LogP contribution is -2.42. The van der Waals surface area contributed by atoms with Gasteiger partial charge in [0.2, 0.25) is 0 Å². The van der Waals surface area contributed by atoms with Crippen LogP contribution in [0.5, 0.6) is 0 Å². The largest absolute Gasteiger partial charge is 0.598 e. The van der Waals surface area contributed by atoms with Crippen LogP contribution in [0, 0.1) is 25.5 Å². The molecule has 32 heavy (non-hydrogen) atoms. The maximum atomic E-state index is 14.9. The zero-order valence-electron chi connectivity index (χ0n) is 18.4. The number of aromatic nitrogens is 3. The Bertz CT molecular complexity index is 1100. The van der Waals surface area contributed by atoms with Crippen LogP contribution in [-0.2, 0) is 11.4 Å². The van der Waals surface area contributed by atoms with Gasteiger partial charge in [0.25, 0.3) is 0 Å². The van der Waals surface area contributed by atoms with Gasteiger partial charge >= 0.3 is 0 Å². The highest BCUT2D eigenvalue weighted by molar-refractivity contribution is 7.90. The van der Waals surface area contributed by atoms with Crippen molar-refractivity contribution in [1.29, 1.82) is 0 Å². The van der Waals surface area contributed by atoms with Gasteiger partial charge in [-0.15, -0.1) is 4.72 Å². The molecule has 10 heteroatoms. The minimum Gasteiger partial charge on any atom is -0.598 e. The molecule has 0 saturated heterocycles. The number of rotatable bonds is 7. The second kappa shape index (κ2) is 9.43. The second-order valence-corrected chi connectivity index (χ2v) is 10.4. The van der Waals surface area contributed by atoms with E-state index in [-0.39, 0.29) is 28.9 Å². The summed E-state index contributed by atoms with van der Waals surface area (Å²) in [7, 11) is 0. The summed E-state index contributed by atoms with van der Waals surface area (Å²) in [6.07, 6.45) is 3.86. The van der Waals surface area contributed by atoms with E-state index in [1.54, 1.807) is 34.6 Å². The predicted octanol–water partition coefficient (Wildman–Crippen LogP) is 4.39.